The van der Waals surface area contributed by atoms with Gasteiger partial charge in [0.1, 0.15) is 0 Å². The molecular weight excluding hydrogens is 753 g/mol. The lowest BCUT2D eigenvalue weighted by molar-refractivity contribution is 0.423. The smallest absolute Gasteiger partial charge is 0.231 e. The molecule has 4 aromatic carbocycles. The van der Waals surface area contributed by atoms with Crippen molar-refractivity contribution in [2.75, 3.05) is 4.90 Å². The molecule has 9 unspecified atom stereocenters. The highest BCUT2D eigenvalue weighted by molar-refractivity contribution is 5.98. The van der Waals surface area contributed by atoms with Crippen LogP contribution < -0.4 is 4.90 Å². The molecule has 62 heavy (non-hydrogen) atoms. The molecule has 9 atom stereocenters. The van der Waals surface area contributed by atoms with Gasteiger partial charge in [0.05, 0.1) is 22.8 Å². The first kappa shape index (κ1) is 34.1. The maximum Gasteiger partial charge on any atom is 0.231 e. The number of para-hydroxylation sites is 1. The third-order valence-electron chi connectivity index (χ3n) is 16.7. The van der Waals surface area contributed by atoms with E-state index in [0.717, 1.165) is 40.4 Å². The summed E-state index contributed by atoms with van der Waals surface area (Å²) < 4.78 is 2.74. The van der Waals surface area contributed by atoms with Crippen LogP contribution in [-0.2, 0) is 5.41 Å². The maximum atomic E-state index is 5.72. The molecule has 4 heteroatoms. The van der Waals surface area contributed by atoms with E-state index in [2.05, 4.69) is 187 Å². The molecule has 3 heterocycles. The van der Waals surface area contributed by atoms with Gasteiger partial charge < -0.3 is 9.47 Å². The van der Waals surface area contributed by atoms with E-state index in [1.165, 1.54) is 67.8 Å². The Kier molecular flexibility index (Phi) is 6.54. The number of allylic oxidation sites excluding steroid dienone is 14. The number of benzene rings is 4. The van der Waals surface area contributed by atoms with Crippen molar-refractivity contribution in [1.29, 1.82) is 0 Å². The molecule has 298 valence electrons. The molecule has 0 amide bonds. The van der Waals surface area contributed by atoms with E-state index < -0.39 is 0 Å². The highest BCUT2D eigenvalue weighted by atomic mass is 15.3. The van der Waals surface area contributed by atoms with Gasteiger partial charge in [0.15, 0.2) is 0 Å². The molecule has 8 aliphatic carbocycles. The second-order valence-corrected chi connectivity index (χ2v) is 19.9. The van der Waals surface area contributed by atoms with Crippen molar-refractivity contribution in [3.05, 3.63) is 197 Å². The molecule has 0 bridgehead atoms. The van der Waals surface area contributed by atoms with E-state index in [1.807, 2.05) is 0 Å². The van der Waals surface area contributed by atoms with Gasteiger partial charge in [0.25, 0.3) is 0 Å². The topological polar surface area (TPSA) is 34.0 Å². The highest BCUT2D eigenvalue weighted by Gasteiger charge is 2.56. The van der Waals surface area contributed by atoms with Crippen molar-refractivity contribution >= 4 is 39.5 Å². The standard InChI is InChI=1S/C58H46N4/c1-58(2)44-21-9-7-17-37(44)38-26-25-33(29-45(38)58)56-41-18-8-10-22-46(41)59-57(60-56)62-48-24-12-20-40-36-16-6-5-15-35(36)39-19-11-23-47-52(39)54-49(27-28-50(62)55(54)53(40)48)61(47)51-30-32-13-3-4-14-34(32)42-31-43(42)51/h3-14,16-30,32,34-35,40,42-43,50,53,55H,15,31H2,1-2H3. The van der Waals surface area contributed by atoms with Crippen LogP contribution in [0.25, 0.3) is 56.0 Å². The van der Waals surface area contributed by atoms with Crippen molar-refractivity contribution in [3.63, 3.8) is 0 Å². The molecule has 0 N–H and O–H groups in total. The number of anilines is 1. The molecule has 1 saturated heterocycles. The zero-order valence-corrected chi connectivity index (χ0v) is 35.0. The third-order valence-corrected chi connectivity index (χ3v) is 16.7. The number of fused-ring (bicyclic) bond motifs is 10. The molecule has 9 aliphatic rings. The van der Waals surface area contributed by atoms with Crippen LogP contribution in [0.2, 0.25) is 0 Å². The van der Waals surface area contributed by atoms with Gasteiger partial charge in [-0.25, -0.2) is 9.97 Å². The van der Waals surface area contributed by atoms with Crippen LogP contribution in [0.3, 0.4) is 0 Å². The fourth-order valence-corrected chi connectivity index (χ4v) is 14.0. The second kappa shape index (κ2) is 11.9. The Bertz CT molecular complexity index is 3300. The van der Waals surface area contributed by atoms with Crippen molar-refractivity contribution in [1.82, 2.24) is 14.5 Å². The highest BCUT2D eigenvalue weighted by Crippen LogP contribution is 2.64. The zero-order chi connectivity index (χ0) is 40.6. The zero-order valence-electron chi connectivity index (χ0n) is 35.0. The van der Waals surface area contributed by atoms with Crippen LogP contribution in [0.15, 0.2) is 169 Å². The molecule has 0 spiro atoms. The normalized spacial score (nSPS) is 30.2. The Balaban J connectivity index is 0.950. The molecular formula is C58H46N4. The van der Waals surface area contributed by atoms with Gasteiger partial charge >= 0.3 is 0 Å². The summed E-state index contributed by atoms with van der Waals surface area (Å²) in [5.74, 6) is 4.30. The second-order valence-electron chi connectivity index (χ2n) is 19.9. The van der Waals surface area contributed by atoms with Crippen molar-refractivity contribution in [2.24, 2.45) is 35.5 Å². The minimum absolute atomic E-state index is 0.0665. The van der Waals surface area contributed by atoms with Gasteiger partial charge in [0, 0.05) is 74.3 Å². The average Bonchev–Trinajstić information content (AvgIpc) is 3.89. The predicted molar refractivity (Wildman–Crippen MR) is 252 cm³/mol. The van der Waals surface area contributed by atoms with Crippen LogP contribution in [-0.4, -0.2) is 20.6 Å². The van der Waals surface area contributed by atoms with E-state index in [9.17, 15) is 0 Å². The Hall–Kier alpha value is -6.52. The van der Waals surface area contributed by atoms with Crippen LogP contribution in [0, 0.1) is 35.5 Å². The summed E-state index contributed by atoms with van der Waals surface area (Å²) in [6, 6.07) is 31.9. The molecule has 15 rings (SSSR count). The minimum atomic E-state index is -0.104. The van der Waals surface area contributed by atoms with Gasteiger partial charge in [-0.3, -0.25) is 0 Å². The van der Waals surface area contributed by atoms with Crippen molar-refractivity contribution in [3.8, 4) is 22.4 Å². The molecule has 0 radical (unpaired) electrons. The molecule has 1 aliphatic heterocycles. The number of hydrogen-bond acceptors (Lipinski definition) is 3. The molecule has 2 aromatic heterocycles. The summed E-state index contributed by atoms with van der Waals surface area (Å²) in [5.41, 5.74) is 18.7. The molecule has 1 saturated carbocycles. The van der Waals surface area contributed by atoms with Crippen molar-refractivity contribution in [2.45, 2.75) is 50.0 Å². The summed E-state index contributed by atoms with van der Waals surface area (Å²) in [6.07, 6.45) is 33.9. The summed E-state index contributed by atoms with van der Waals surface area (Å²) in [5, 5.41) is 2.58. The number of nitrogens with zero attached hydrogens (tertiary/aromatic N) is 4. The molecule has 4 nitrogen and oxygen atoms in total. The first-order chi connectivity index (χ1) is 30.5. The van der Waals surface area contributed by atoms with Gasteiger partial charge in [-0.05, 0) is 88.4 Å². The summed E-state index contributed by atoms with van der Waals surface area (Å²) in [4.78, 5) is 13.8. The van der Waals surface area contributed by atoms with E-state index in [-0.39, 0.29) is 29.2 Å². The first-order valence-corrected chi connectivity index (χ1v) is 23.0. The number of rotatable bonds is 3. The van der Waals surface area contributed by atoms with E-state index in [4.69, 9.17) is 9.97 Å². The lowest BCUT2D eigenvalue weighted by Crippen LogP contribution is -2.33. The summed E-state index contributed by atoms with van der Waals surface area (Å²) >= 11 is 0. The van der Waals surface area contributed by atoms with Crippen LogP contribution in [0.5, 0.6) is 0 Å². The van der Waals surface area contributed by atoms with Crippen LogP contribution >= 0.6 is 0 Å². The summed E-state index contributed by atoms with van der Waals surface area (Å²) in [6.45, 7) is 4.73. The van der Waals surface area contributed by atoms with Gasteiger partial charge in [-0.2, -0.15) is 0 Å². The summed E-state index contributed by atoms with van der Waals surface area (Å²) in [7, 11) is 0. The number of hydrogen-bond donors (Lipinski definition) is 0. The first-order valence-electron chi connectivity index (χ1n) is 23.0. The maximum absolute atomic E-state index is 5.72. The Labute approximate surface area is 362 Å². The quantitative estimate of drug-likeness (QED) is 0.179. The fraction of sp³-hybridized carbons (Fsp3) is 0.241. The number of aromatic nitrogens is 3. The van der Waals surface area contributed by atoms with E-state index in [1.54, 1.807) is 5.57 Å². The third kappa shape index (κ3) is 4.28. The Morgan fingerprint density at radius 1 is 0.742 bits per heavy atom. The molecule has 2 fully saturated rings. The minimum Gasteiger partial charge on any atom is -0.313 e. The van der Waals surface area contributed by atoms with E-state index in [0.29, 0.717) is 23.7 Å². The SMILES string of the molecule is CC1(C)c2ccccc2-c2ccc(-c3nc(N4C5=CC=CC6C7=CC=CCC7c7cccc8c7c7c(n8C8=CC9C=CC=CC9C9CC89)C=CC4C7C56)nc4ccccc34)cc21. The largest absolute Gasteiger partial charge is 0.313 e. The molecule has 6 aromatic rings. The van der Waals surface area contributed by atoms with E-state index >= 15 is 0 Å². The lowest BCUT2D eigenvalue weighted by atomic mass is 9.63. The predicted octanol–water partition coefficient (Wildman–Crippen LogP) is 13.1. The van der Waals surface area contributed by atoms with Crippen molar-refractivity contribution < 1.29 is 0 Å². The monoisotopic (exact) mass is 798 g/mol. The fourth-order valence-electron chi connectivity index (χ4n) is 14.0. The average molecular weight is 799 g/mol. The van der Waals surface area contributed by atoms with Gasteiger partial charge in [0.2, 0.25) is 5.95 Å². The Morgan fingerprint density at radius 2 is 1.63 bits per heavy atom. The van der Waals surface area contributed by atoms with Crippen LogP contribution in [0.1, 0.15) is 66.5 Å². The van der Waals surface area contributed by atoms with Crippen LogP contribution in [0.4, 0.5) is 5.95 Å². The van der Waals surface area contributed by atoms with Gasteiger partial charge in [-0.1, -0.05) is 153 Å². The van der Waals surface area contributed by atoms with Gasteiger partial charge in [-0.15, -0.1) is 0 Å². The Morgan fingerprint density at radius 3 is 2.60 bits per heavy atom. The lowest BCUT2D eigenvalue weighted by Gasteiger charge is -2.38.